The van der Waals surface area contributed by atoms with Crippen molar-refractivity contribution in [1.29, 1.82) is 0 Å². The molecular weight excluding hydrogens is 368 g/mol. The van der Waals surface area contributed by atoms with E-state index in [4.69, 9.17) is 4.74 Å². The molecule has 1 saturated heterocycles. The van der Waals surface area contributed by atoms with E-state index in [9.17, 15) is 13.2 Å². The predicted octanol–water partition coefficient (Wildman–Crippen LogP) is 1.80. The van der Waals surface area contributed by atoms with E-state index < -0.39 is 9.84 Å². The van der Waals surface area contributed by atoms with E-state index in [0.29, 0.717) is 18.0 Å². The van der Waals surface area contributed by atoms with Crippen LogP contribution in [0.15, 0.2) is 30.3 Å². The highest BCUT2D eigenvalue weighted by Crippen LogP contribution is 2.27. The number of anilines is 2. The summed E-state index contributed by atoms with van der Waals surface area (Å²) in [6.07, 6.45) is 0.449. The summed E-state index contributed by atoms with van der Waals surface area (Å²) in [7, 11) is 0.123. The lowest BCUT2D eigenvalue weighted by atomic mass is 10.2. The van der Waals surface area contributed by atoms with Crippen molar-refractivity contribution in [3.63, 3.8) is 0 Å². The standard InChI is InChI=1S/C18H22N4O4S/c1-12-4-6-16(26-3)15(10-12)19-17-7-5-14(20-21-17)18(23)22(2)13-8-9-27(24,25)11-13/h4-7,10,13H,8-9,11H2,1-3H3,(H,19,21). The quantitative estimate of drug-likeness (QED) is 0.830. The van der Waals surface area contributed by atoms with Crippen molar-refractivity contribution in [3.05, 3.63) is 41.6 Å². The number of methoxy groups -OCH3 is 1. The Hall–Kier alpha value is -2.68. The summed E-state index contributed by atoms with van der Waals surface area (Å²) in [5.41, 5.74) is 1.98. The zero-order chi connectivity index (χ0) is 19.6. The third kappa shape index (κ3) is 4.36. The molecule has 1 amide bonds. The number of hydrogen-bond donors (Lipinski definition) is 1. The molecule has 1 atom stereocenters. The molecule has 0 spiro atoms. The van der Waals surface area contributed by atoms with Gasteiger partial charge in [-0.3, -0.25) is 4.79 Å². The maximum absolute atomic E-state index is 12.5. The highest BCUT2D eigenvalue weighted by molar-refractivity contribution is 7.91. The average Bonchev–Trinajstić information content (AvgIpc) is 3.01. The molecule has 0 bridgehead atoms. The summed E-state index contributed by atoms with van der Waals surface area (Å²) >= 11 is 0. The summed E-state index contributed by atoms with van der Waals surface area (Å²) in [6, 6.07) is 8.62. The van der Waals surface area contributed by atoms with Crippen molar-refractivity contribution in [2.45, 2.75) is 19.4 Å². The molecule has 3 rings (SSSR count). The van der Waals surface area contributed by atoms with Gasteiger partial charge in [-0.05, 0) is 43.2 Å². The Labute approximate surface area is 158 Å². The number of aromatic nitrogens is 2. The molecule has 1 aliphatic heterocycles. The highest BCUT2D eigenvalue weighted by Gasteiger charge is 2.33. The fraction of sp³-hybridized carbons (Fsp3) is 0.389. The van der Waals surface area contributed by atoms with Crippen LogP contribution in [0.4, 0.5) is 11.5 Å². The minimum atomic E-state index is -3.06. The fourth-order valence-corrected chi connectivity index (χ4v) is 4.77. The van der Waals surface area contributed by atoms with E-state index in [-0.39, 0.29) is 29.1 Å². The largest absolute Gasteiger partial charge is 0.495 e. The van der Waals surface area contributed by atoms with Gasteiger partial charge in [-0.2, -0.15) is 0 Å². The molecule has 27 heavy (non-hydrogen) atoms. The van der Waals surface area contributed by atoms with Gasteiger partial charge in [-0.1, -0.05) is 6.07 Å². The Kier molecular flexibility index (Phi) is 5.31. The third-order valence-corrected chi connectivity index (χ3v) is 6.33. The molecule has 8 nitrogen and oxygen atoms in total. The van der Waals surface area contributed by atoms with Gasteiger partial charge in [0.2, 0.25) is 0 Å². The zero-order valence-corrected chi connectivity index (χ0v) is 16.3. The van der Waals surface area contributed by atoms with Gasteiger partial charge in [0.05, 0.1) is 24.3 Å². The van der Waals surface area contributed by atoms with Gasteiger partial charge >= 0.3 is 0 Å². The van der Waals surface area contributed by atoms with Gasteiger partial charge in [0.1, 0.15) is 5.75 Å². The molecule has 1 aromatic carbocycles. The van der Waals surface area contributed by atoms with Gasteiger partial charge in [-0.15, -0.1) is 10.2 Å². The first-order chi connectivity index (χ1) is 12.8. The van der Waals surface area contributed by atoms with Gasteiger partial charge < -0.3 is 15.0 Å². The Balaban J connectivity index is 1.72. The SMILES string of the molecule is COc1ccc(C)cc1Nc1ccc(C(=O)N(C)C2CCS(=O)(=O)C2)nn1. The number of aryl methyl sites for hydroxylation is 1. The zero-order valence-electron chi connectivity index (χ0n) is 15.5. The van der Waals surface area contributed by atoms with Crippen LogP contribution in [-0.4, -0.2) is 61.1 Å². The Morgan fingerprint density at radius 3 is 2.63 bits per heavy atom. The van der Waals surface area contributed by atoms with E-state index in [1.807, 2.05) is 25.1 Å². The minimum absolute atomic E-state index is 0.00450. The number of nitrogens with one attached hydrogen (secondary N) is 1. The lowest BCUT2D eigenvalue weighted by Gasteiger charge is -2.22. The molecule has 1 N–H and O–H groups in total. The molecule has 0 saturated carbocycles. The van der Waals surface area contributed by atoms with Crippen LogP contribution in [0.2, 0.25) is 0 Å². The van der Waals surface area contributed by atoms with Crippen LogP contribution in [-0.2, 0) is 9.84 Å². The second-order valence-corrected chi connectivity index (χ2v) is 8.83. The van der Waals surface area contributed by atoms with Crippen LogP contribution in [0.5, 0.6) is 5.75 Å². The number of nitrogens with zero attached hydrogens (tertiary/aromatic N) is 3. The lowest BCUT2D eigenvalue weighted by Crippen LogP contribution is -2.38. The highest BCUT2D eigenvalue weighted by atomic mass is 32.2. The Bertz CT molecular complexity index is 944. The van der Waals surface area contributed by atoms with Crippen molar-refractivity contribution in [2.75, 3.05) is 31.0 Å². The normalized spacial score (nSPS) is 18.1. The van der Waals surface area contributed by atoms with E-state index in [2.05, 4.69) is 15.5 Å². The molecule has 1 aromatic heterocycles. The van der Waals surface area contributed by atoms with E-state index >= 15 is 0 Å². The van der Waals surface area contributed by atoms with Crippen LogP contribution in [0.3, 0.4) is 0 Å². The topological polar surface area (TPSA) is 101 Å². The summed E-state index contributed by atoms with van der Waals surface area (Å²) in [5.74, 6) is 0.910. The van der Waals surface area contributed by atoms with Crippen molar-refractivity contribution in [1.82, 2.24) is 15.1 Å². The number of sulfone groups is 1. The van der Waals surface area contributed by atoms with Gasteiger partial charge in [-0.25, -0.2) is 8.42 Å². The molecule has 0 radical (unpaired) electrons. The summed E-state index contributed by atoms with van der Waals surface area (Å²) in [6.45, 7) is 1.97. The number of carbonyl (C=O) groups is 1. The molecule has 1 aliphatic rings. The van der Waals surface area contributed by atoms with E-state index in [0.717, 1.165) is 11.3 Å². The first kappa shape index (κ1) is 19.1. The first-order valence-electron chi connectivity index (χ1n) is 8.52. The maximum Gasteiger partial charge on any atom is 0.274 e. The van der Waals surface area contributed by atoms with Crippen molar-refractivity contribution < 1.29 is 17.9 Å². The lowest BCUT2D eigenvalue weighted by molar-refractivity contribution is 0.0740. The first-order valence-corrected chi connectivity index (χ1v) is 10.3. The number of benzene rings is 1. The van der Waals surface area contributed by atoms with Gasteiger partial charge in [0, 0.05) is 13.1 Å². The molecule has 1 unspecified atom stereocenters. The predicted molar refractivity (Wildman–Crippen MR) is 102 cm³/mol. The second kappa shape index (κ2) is 7.51. The summed E-state index contributed by atoms with van der Waals surface area (Å²) in [4.78, 5) is 14.0. The molecule has 9 heteroatoms. The molecule has 144 valence electrons. The summed E-state index contributed by atoms with van der Waals surface area (Å²) < 4.78 is 28.5. The molecule has 2 aromatic rings. The minimum Gasteiger partial charge on any atom is -0.495 e. The van der Waals surface area contributed by atoms with Crippen LogP contribution in [0.25, 0.3) is 0 Å². The van der Waals surface area contributed by atoms with Crippen molar-refractivity contribution in [2.24, 2.45) is 0 Å². The van der Waals surface area contributed by atoms with Crippen molar-refractivity contribution >= 4 is 27.2 Å². The van der Waals surface area contributed by atoms with Gasteiger partial charge in [0.25, 0.3) is 5.91 Å². The number of carbonyl (C=O) groups excluding carboxylic acids is 1. The monoisotopic (exact) mass is 390 g/mol. The summed E-state index contributed by atoms with van der Waals surface area (Å²) in [5, 5.41) is 11.2. The van der Waals surface area contributed by atoms with Crippen LogP contribution in [0, 0.1) is 6.92 Å². The Morgan fingerprint density at radius 2 is 2.04 bits per heavy atom. The third-order valence-electron chi connectivity index (χ3n) is 4.58. The molecular formula is C18H22N4O4S. The number of rotatable bonds is 5. The van der Waals surface area contributed by atoms with E-state index in [1.165, 1.54) is 4.90 Å². The van der Waals surface area contributed by atoms with Crippen molar-refractivity contribution in [3.8, 4) is 5.75 Å². The van der Waals surface area contributed by atoms with Crippen LogP contribution >= 0.6 is 0 Å². The molecule has 2 heterocycles. The number of hydrogen-bond acceptors (Lipinski definition) is 7. The second-order valence-electron chi connectivity index (χ2n) is 6.61. The molecule has 1 fully saturated rings. The molecule has 0 aliphatic carbocycles. The maximum atomic E-state index is 12.5. The Morgan fingerprint density at radius 1 is 1.26 bits per heavy atom. The van der Waals surface area contributed by atoms with Gasteiger partial charge in [0.15, 0.2) is 21.3 Å². The fourth-order valence-electron chi connectivity index (χ4n) is 3.00. The number of ether oxygens (including phenoxy) is 1. The van der Waals surface area contributed by atoms with E-state index in [1.54, 1.807) is 26.3 Å². The smallest absolute Gasteiger partial charge is 0.274 e. The van der Waals surface area contributed by atoms with Crippen LogP contribution < -0.4 is 10.1 Å². The number of amides is 1. The van der Waals surface area contributed by atoms with Crippen LogP contribution in [0.1, 0.15) is 22.5 Å². The average molecular weight is 390 g/mol.